The number of hydrogen-bond acceptors (Lipinski definition) is 3. The zero-order valence-corrected chi connectivity index (χ0v) is 14.4. The predicted molar refractivity (Wildman–Crippen MR) is 89.9 cm³/mol. The number of benzene rings is 2. The summed E-state index contributed by atoms with van der Waals surface area (Å²) in [5.41, 5.74) is -0.518. The van der Waals surface area contributed by atoms with Crippen LogP contribution in [-0.4, -0.2) is 11.2 Å². The van der Waals surface area contributed by atoms with Gasteiger partial charge in [-0.15, -0.1) is 23.2 Å². The van der Waals surface area contributed by atoms with Gasteiger partial charge in [0.25, 0.3) is 14.7 Å². The first-order chi connectivity index (χ1) is 10.0. The Morgan fingerprint density at radius 1 is 0.714 bits per heavy atom. The number of hydrogen-bond donors (Lipinski definition) is 0. The molecular weight excluding hydrogens is 349 g/mol. The van der Waals surface area contributed by atoms with E-state index in [0.717, 1.165) is 0 Å². The van der Waals surface area contributed by atoms with E-state index in [1.165, 1.54) is 0 Å². The van der Waals surface area contributed by atoms with Crippen LogP contribution in [0, 0.1) is 0 Å². The maximum absolute atomic E-state index is 12.9. The molecule has 7 heteroatoms. The Hall–Kier alpha value is -0.560. The Kier molecular flexibility index (Phi) is 5.71. The van der Waals surface area contributed by atoms with Crippen molar-refractivity contribution in [3.8, 4) is 0 Å². The third-order valence-corrected chi connectivity index (χ3v) is 9.68. The molecule has 21 heavy (non-hydrogen) atoms. The zero-order valence-electron chi connectivity index (χ0n) is 11.1. The van der Waals surface area contributed by atoms with Crippen molar-refractivity contribution < 1.29 is 13.4 Å². The second kappa shape index (κ2) is 7.13. The van der Waals surface area contributed by atoms with Crippen LogP contribution >= 0.6 is 37.9 Å². The van der Waals surface area contributed by atoms with E-state index in [4.69, 9.17) is 27.5 Å². The van der Waals surface area contributed by atoms with Crippen LogP contribution in [0.2, 0.25) is 0 Å². The molecule has 0 N–H and O–H groups in total. The van der Waals surface area contributed by atoms with E-state index in [1.54, 1.807) is 60.7 Å². The summed E-state index contributed by atoms with van der Waals surface area (Å²) in [7, 11) is -6.88. The van der Waals surface area contributed by atoms with Crippen molar-refractivity contribution in [2.24, 2.45) is 0 Å². The van der Waals surface area contributed by atoms with Gasteiger partial charge in [0.15, 0.2) is 0 Å². The lowest BCUT2D eigenvalue weighted by Crippen LogP contribution is -2.13. The van der Waals surface area contributed by atoms with Crippen LogP contribution in [0.3, 0.4) is 0 Å². The van der Waals surface area contributed by atoms with Crippen molar-refractivity contribution >= 4 is 48.5 Å². The SMILES string of the molecule is O=P(CCl)(OP(=O)(CCl)c1ccccc1)c1ccccc1. The minimum Gasteiger partial charge on any atom is -0.286 e. The fraction of sp³-hybridized carbons (Fsp3) is 0.143. The summed E-state index contributed by atoms with van der Waals surface area (Å²) in [6, 6.07) is 17.1. The van der Waals surface area contributed by atoms with Gasteiger partial charge in [-0.1, -0.05) is 36.4 Å². The van der Waals surface area contributed by atoms with E-state index in [-0.39, 0.29) is 11.2 Å². The van der Waals surface area contributed by atoms with Crippen LogP contribution in [0.4, 0.5) is 0 Å². The Morgan fingerprint density at radius 3 is 1.33 bits per heavy atom. The highest BCUT2D eigenvalue weighted by Gasteiger charge is 2.36. The summed E-state index contributed by atoms with van der Waals surface area (Å²) in [6.45, 7) is 0. The van der Waals surface area contributed by atoms with Crippen molar-refractivity contribution in [3.63, 3.8) is 0 Å². The van der Waals surface area contributed by atoms with Crippen molar-refractivity contribution in [2.45, 2.75) is 0 Å². The molecule has 0 spiro atoms. The summed E-state index contributed by atoms with van der Waals surface area (Å²) in [5, 5.41) is 0.863. The van der Waals surface area contributed by atoms with E-state index >= 15 is 0 Å². The first kappa shape index (κ1) is 16.8. The first-order valence-electron chi connectivity index (χ1n) is 6.17. The molecule has 2 rings (SSSR count). The minimum absolute atomic E-state index is 0.259. The molecule has 2 atom stereocenters. The van der Waals surface area contributed by atoms with Gasteiger partial charge in [0, 0.05) is 10.6 Å². The lowest BCUT2D eigenvalue weighted by Gasteiger charge is -2.23. The fourth-order valence-corrected chi connectivity index (χ4v) is 7.75. The van der Waals surface area contributed by atoms with Gasteiger partial charge in [-0.3, -0.25) is 13.4 Å². The molecule has 2 aromatic carbocycles. The van der Waals surface area contributed by atoms with Crippen LogP contribution in [-0.2, 0) is 13.4 Å². The smallest absolute Gasteiger partial charge is 0.252 e. The Morgan fingerprint density at radius 2 is 1.05 bits per heavy atom. The Balaban J connectivity index is 2.41. The molecule has 2 aromatic rings. The van der Waals surface area contributed by atoms with Gasteiger partial charge < -0.3 is 0 Å². The van der Waals surface area contributed by atoms with Crippen LogP contribution in [0.1, 0.15) is 0 Å². The quantitative estimate of drug-likeness (QED) is 0.557. The average Bonchev–Trinajstić information content (AvgIpc) is 2.56. The van der Waals surface area contributed by atoms with Gasteiger partial charge in [-0.05, 0) is 24.3 Å². The molecule has 0 aliphatic heterocycles. The normalized spacial score (nSPS) is 16.9. The van der Waals surface area contributed by atoms with E-state index < -0.39 is 14.7 Å². The topological polar surface area (TPSA) is 43.4 Å². The largest absolute Gasteiger partial charge is 0.286 e. The van der Waals surface area contributed by atoms with Crippen molar-refractivity contribution in [1.82, 2.24) is 0 Å². The van der Waals surface area contributed by atoms with E-state index in [1.807, 2.05) is 0 Å². The van der Waals surface area contributed by atoms with Gasteiger partial charge in [-0.25, -0.2) is 0 Å². The molecule has 0 aliphatic carbocycles. The second-order valence-corrected chi connectivity index (χ2v) is 10.6. The highest BCUT2D eigenvalue weighted by molar-refractivity contribution is 7.80. The van der Waals surface area contributed by atoms with E-state index in [2.05, 4.69) is 0 Å². The van der Waals surface area contributed by atoms with Crippen molar-refractivity contribution in [3.05, 3.63) is 60.7 Å². The number of rotatable bonds is 6. The molecule has 0 aromatic heterocycles. The molecule has 0 radical (unpaired) electrons. The monoisotopic (exact) mass is 362 g/mol. The summed E-state index contributed by atoms with van der Waals surface area (Å²) in [6.07, 6.45) is 0. The molecule has 0 saturated carbocycles. The Bertz CT molecular complexity index is 618. The van der Waals surface area contributed by atoms with Crippen LogP contribution in [0.25, 0.3) is 0 Å². The molecular formula is C14H14Cl2O3P2. The summed E-state index contributed by atoms with van der Waals surface area (Å²) in [4.78, 5) is 0. The zero-order chi connectivity index (χ0) is 15.3. The van der Waals surface area contributed by atoms with Gasteiger partial charge >= 0.3 is 0 Å². The molecule has 3 nitrogen and oxygen atoms in total. The lowest BCUT2D eigenvalue weighted by molar-refractivity contribution is 0.477. The van der Waals surface area contributed by atoms with Crippen LogP contribution in [0.5, 0.6) is 0 Å². The Labute approximate surface area is 134 Å². The highest BCUT2D eigenvalue weighted by Crippen LogP contribution is 2.63. The maximum Gasteiger partial charge on any atom is 0.252 e. The molecule has 112 valence electrons. The molecule has 0 aliphatic rings. The summed E-state index contributed by atoms with van der Waals surface area (Å²) in [5.74, 6) is 0. The third kappa shape index (κ3) is 3.80. The van der Waals surface area contributed by atoms with Gasteiger partial charge in [0.2, 0.25) is 0 Å². The third-order valence-electron chi connectivity index (χ3n) is 2.88. The van der Waals surface area contributed by atoms with Crippen molar-refractivity contribution in [1.29, 1.82) is 0 Å². The van der Waals surface area contributed by atoms with Crippen LogP contribution < -0.4 is 10.6 Å². The van der Waals surface area contributed by atoms with E-state index in [0.29, 0.717) is 10.6 Å². The molecule has 0 saturated heterocycles. The minimum atomic E-state index is -3.44. The first-order valence-corrected chi connectivity index (χ1v) is 10.9. The second-order valence-electron chi connectivity index (χ2n) is 4.34. The number of alkyl halides is 2. The molecule has 0 fully saturated rings. The average molecular weight is 363 g/mol. The fourth-order valence-electron chi connectivity index (χ4n) is 1.80. The summed E-state index contributed by atoms with van der Waals surface area (Å²) < 4.78 is 31.4. The lowest BCUT2D eigenvalue weighted by atomic mass is 10.4. The van der Waals surface area contributed by atoms with Gasteiger partial charge in [0.05, 0.1) is 0 Å². The van der Waals surface area contributed by atoms with E-state index in [9.17, 15) is 9.13 Å². The maximum atomic E-state index is 12.9. The molecule has 0 amide bonds. The highest BCUT2D eigenvalue weighted by atomic mass is 35.5. The summed E-state index contributed by atoms with van der Waals surface area (Å²) >= 11 is 11.7. The standard InChI is InChI=1S/C14H14Cl2O3P2/c15-11-20(17,13-7-3-1-4-8-13)19-21(18,12-16)14-9-5-2-6-10-14/h1-10H,11-12H2. The molecule has 0 heterocycles. The van der Waals surface area contributed by atoms with Crippen LogP contribution in [0.15, 0.2) is 60.7 Å². The van der Waals surface area contributed by atoms with Crippen molar-refractivity contribution in [2.75, 3.05) is 11.2 Å². The van der Waals surface area contributed by atoms with Gasteiger partial charge in [-0.2, -0.15) is 0 Å². The molecule has 2 unspecified atom stereocenters. The van der Waals surface area contributed by atoms with Gasteiger partial charge in [0.1, 0.15) is 11.2 Å². The predicted octanol–water partition coefficient (Wildman–Crippen LogP) is 4.60. The molecule has 0 bridgehead atoms. The number of halogens is 2.